The molecule has 0 atom stereocenters. The van der Waals surface area contributed by atoms with Gasteiger partial charge in [-0.15, -0.1) is 21.5 Å². The number of aromatic nitrogens is 3. The molecule has 2 heterocycles. The molecular weight excluding hydrogens is 354 g/mol. The molecule has 5 nitrogen and oxygen atoms in total. The Morgan fingerprint density at radius 1 is 1.28 bits per heavy atom. The van der Waals surface area contributed by atoms with Crippen molar-refractivity contribution in [3.63, 3.8) is 0 Å². The third kappa shape index (κ3) is 3.62. The Kier molecular flexibility index (Phi) is 5.24. The Labute approximate surface area is 155 Å². The van der Waals surface area contributed by atoms with E-state index in [1.165, 1.54) is 11.8 Å². The minimum atomic E-state index is 0.119. The van der Waals surface area contributed by atoms with Crippen LogP contribution in [0.2, 0.25) is 0 Å². The first-order valence-electron chi connectivity index (χ1n) is 7.77. The Bertz CT molecular complexity index is 915. The van der Waals surface area contributed by atoms with E-state index in [9.17, 15) is 4.79 Å². The third-order valence-electron chi connectivity index (χ3n) is 3.86. The second kappa shape index (κ2) is 7.41. The van der Waals surface area contributed by atoms with Gasteiger partial charge in [0.25, 0.3) is 0 Å². The standard InChI is InChI=1S/C18H19N3O2S2/c1-11-9-14(12(2)25-11)15(22)10-24-18-20-19-17(21(18)3)13-7-5-6-8-16(13)23-4/h5-9H,10H2,1-4H3. The number of ketones is 1. The zero-order chi connectivity index (χ0) is 18.0. The molecule has 3 aromatic rings. The quantitative estimate of drug-likeness (QED) is 0.480. The Morgan fingerprint density at radius 2 is 2.04 bits per heavy atom. The fourth-order valence-electron chi connectivity index (χ4n) is 2.62. The van der Waals surface area contributed by atoms with Gasteiger partial charge in [0.2, 0.25) is 0 Å². The molecule has 0 N–H and O–H groups in total. The van der Waals surface area contributed by atoms with E-state index in [2.05, 4.69) is 10.2 Å². The first kappa shape index (κ1) is 17.7. The van der Waals surface area contributed by atoms with Gasteiger partial charge < -0.3 is 9.30 Å². The number of nitrogens with zero attached hydrogens (tertiary/aromatic N) is 3. The van der Waals surface area contributed by atoms with Crippen LogP contribution in [0.5, 0.6) is 5.75 Å². The van der Waals surface area contributed by atoms with Crippen molar-refractivity contribution in [2.24, 2.45) is 7.05 Å². The van der Waals surface area contributed by atoms with E-state index < -0.39 is 0 Å². The van der Waals surface area contributed by atoms with E-state index in [-0.39, 0.29) is 5.78 Å². The number of carbonyl (C=O) groups is 1. The predicted octanol–water partition coefficient (Wildman–Crippen LogP) is 4.14. The van der Waals surface area contributed by atoms with Crippen molar-refractivity contribution in [1.29, 1.82) is 0 Å². The van der Waals surface area contributed by atoms with Gasteiger partial charge in [-0.1, -0.05) is 23.9 Å². The monoisotopic (exact) mass is 373 g/mol. The number of Topliss-reactive ketones (excluding diaryl/α,β-unsaturated/α-hetero) is 1. The summed E-state index contributed by atoms with van der Waals surface area (Å²) in [5.41, 5.74) is 1.68. The number of para-hydroxylation sites is 1. The van der Waals surface area contributed by atoms with Gasteiger partial charge in [0.05, 0.1) is 18.4 Å². The average molecular weight is 374 g/mol. The molecule has 130 valence electrons. The first-order valence-corrected chi connectivity index (χ1v) is 9.57. The number of ether oxygens (including phenoxy) is 1. The Balaban J connectivity index is 1.78. The van der Waals surface area contributed by atoms with Crippen LogP contribution in [0, 0.1) is 13.8 Å². The smallest absolute Gasteiger partial charge is 0.191 e. The van der Waals surface area contributed by atoms with Gasteiger partial charge in [-0.3, -0.25) is 4.79 Å². The minimum absolute atomic E-state index is 0.119. The molecule has 2 aromatic heterocycles. The van der Waals surface area contributed by atoms with Crippen LogP contribution < -0.4 is 4.74 Å². The van der Waals surface area contributed by atoms with Gasteiger partial charge in [-0.2, -0.15) is 0 Å². The van der Waals surface area contributed by atoms with Crippen LogP contribution in [-0.2, 0) is 7.05 Å². The second-order valence-corrected chi connectivity index (χ2v) is 8.01. The molecule has 0 aliphatic carbocycles. The number of hydrogen-bond acceptors (Lipinski definition) is 6. The largest absolute Gasteiger partial charge is 0.496 e. The number of thioether (sulfide) groups is 1. The molecule has 0 aliphatic rings. The molecule has 0 unspecified atom stereocenters. The molecule has 0 radical (unpaired) electrons. The van der Waals surface area contributed by atoms with Crippen molar-refractivity contribution >= 4 is 28.9 Å². The van der Waals surface area contributed by atoms with Gasteiger partial charge in [0, 0.05) is 22.4 Å². The summed E-state index contributed by atoms with van der Waals surface area (Å²) in [5.74, 6) is 1.92. The summed E-state index contributed by atoms with van der Waals surface area (Å²) < 4.78 is 7.29. The second-order valence-electron chi connectivity index (χ2n) is 5.60. The van der Waals surface area contributed by atoms with Gasteiger partial charge in [-0.25, -0.2) is 0 Å². The molecule has 0 amide bonds. The molecule has 1 aromatic carbocycles. The lowest BCUT2D eigenvalue weighted by Crippen LogP contribution is -2.04. The number of aryl methyl sites for hydroxylation is 2. The number of carbonyl (C=O) groups excluding carboxylic acids is 1. The lowest BCUT2D eigenvalue weighted by atomic mass is 10.2. The molecule has 0 saturated carbocycles. The zero-order valence-electron chi connectivity index (χ0n) is 14.6. The third-order valence-corrected chi connectivity index (χ3v) is 5.84. The van der Waals surface area contributed by atoms with Crippen molar-refractivity contribution in [2.45, 2.75) is 19.0 Å². The van der Waals surface area contributed by atoms with Crippen LogP contribution in [0.1, 0.15) is 20.1 Å². The number of methoxy groups -OCH3 is 1. The van der Waals surface area contributed by atoms with Crippen molar-refractivity contribution in [1.82, 2.24) is 14.8 Å². The van der Waals surface area contributed by atoms with Crippen LogP contribution in [0.3, 0.4) is 0 Å². The van der Waals surface area contributed by atoms with Gasteiger partial charge in [0.1, 0.15) is 5.75 Å². The molecule has 0 spiro atoms. The van der Waals surface area contributed by atoms with Crippen LogP contribution >= 0.6 is 23.1 Å². The van der Waals surface area contributed by atoms with E-state index in [1.54, 1.807) is 18.4 Å². The molecule has 0 aliphatic heterocycles. The summed E-state index contributed by atoms with van der Waals surface area (Å²) in [6, 6.07) is 9.64. The maximum absolute atomic E-state index is 12.4. The highest BCUT2D eigenvalue weighted by Gasteiger charge is 2.17. The first-order chi connectivity index (χ1) is 12.0. The summed E-state index contributed by atoms with van der Waals surface area (Å²) in [4.78, 5) is 14.7. The normalized spacial score (nSPS) is 10.9. The summed E-state index contributed by atoms with van der Waals surface area (Å²) in [5, 5.41) is 9.21. The van der Waals surface area contributed by atoms with Gasteiger partial charge in [-0.05, 0) is 32.0 Å². The number of hydrogen-bond donors (Lipinski definition) is 0. The van der Waals surface area contributed by atoms with E-state index in [4.69, 9.17) is 4.74 Å². The molecule has 3 rings (SSSR count). The van der Waals surface area contributed by atoms with Gasteiger partial charge in [0.15, 0.2) is 16.8 Å². The summed E-state index contributed by atoms with van der Waals surface area (Å²) in [7, 11) is 3.53. The van der Waals surface area contributed by atoms with Crippen LogP contribution in [-0.4, -0.2) is 33.4 Å². The summed E-state index contributed by atoms with van der Waals surface area (Å²) >= 11 is 3.05. The Morgan fingerprint density at radius 3 is 2.72 bits per heavy atom. The highest BCUT2D eigenvalue weighted by Crippen LogP contribution is 2.30. The van der Waals surface area contributed by atoms with Crippen molar-refractivity contribution < 1.29 is 9.53 Å². The number of benzene rings is 1. The zero-order valence-corrected chi connectivity index (χ0v) is 16.2. The number of thiophene rings is 1. The predicted molar refractivity (Wildman–Crippen MR) is 102 cm³/mol. The molecule has 7 heteroatoms. The molecular formula is C18H19N3O2S2. The topological polar surface area (TPSA) is 57.0 Å². The van der Waals surface area contributed by atoms with Crippen molar-refractivity contribution in [3.8, 4) is 17.1 Å². The van der Waals surface area contributed by atoms with Crippen LogP contribution in [0.4, 0.5) is 0 Å². The van der Waals surface area contributed by atoms with E-state index in [1.807, 2.05) is 55.8 Å². The fraction of sp³-hybridized carbons (Fsp3) is 0.278. The van der Waals surface area contributed by atoms with Crippen molar-refractivity contribution in [3.05, 3.63) is 45.6 Å². The highest BCUT2D eigenvalue weighted by atomic mass is 32.2. The fourth-order valence-corrected chi connectivity index (χ4v) is 4.36. The number of rotatable bonds is 6. The molecule has 0 bridgehead atoms. The molecule has 0 saturated heterocycles. The lowest BCUT2D eigenvalue weighted by Gasteiger charge is -2.08. The van der Waals surface area contributed by atoms with Crippen LogP contribution in [0.15, 0.2) is 35.5 Å². The highest BCUT2D eigenvalue weighted by molar-refractivity contribution is 7.99. The summed E-state index contributed by atoms with van der Waals surface area (Å²) in [6.45, 7) is 4.00. The van der Waals surface area contributed by atoms with E-state index >= 15 is 0 Å². The average Bonchev–Trinajstić information content (AvgIpc) is 3.14. The van der Waals surface area contributed by atoms with Crippen LogP contribution in [0.25, 0.3) is 11.4 Å². The minimum Gasteiger partial charge on any atom is -0.496 e. The Hall–Kier alpha value is -2.12. The maximum atomic E-state index is 12.4. The van der Waals surface area contributed by atoms with Gasteiger partial charge >= 0.3 is 0 Å². The molecule has 0 fully saturated rings. The van der Waals surface area contributed by atoms with E-state index in [0.29, 0.717) is 10.9 Å². The summed E-state index contributed by atoms with van der Waals surface area (Å²) in [6.07, 6.45) is 0. The maximum Gasteiger partial charge on any atom is 0.191 e. The van der Waals surface area contributed by atoms with Crippen molar-refractivity contribution in [2.75, 3.05) is 12.9 Å². The lowest BCUT2D eigenvalue weighted by molar-refractivity contribution is 0.102. The molecule has 25 heavy (non-hydrogen) atoms. The SMILES string of the molecule is COc1ccccc1-c1nnc(SCC(=O)c2cc(C)sc2C)n1C. The van der Waals surface area contributed by atoms with E-state index in [0.717, 1.165) is 32.5 Å².